The lowest BCUT2D eigenvalue weighted by atomic mass is 10.0. The van der Waals surface area contributed by atoms with Crippen molar-refractivity contribution in [1.82, 2.24) is 5.32 Å². The lowest BCUT2D eigenvalue weighted by Crippen LogP contribution is -2.46. The molecule has 0 aliphatic carbocycles. The number of allylic oxidation sites excluding steroid dienone is 6. The third-order valence-corrected chi connectivity index (χ3v) is 11.0. The van der Waals surface area contributed by atoms with Crippen LogP contribution in [0.5, 0.6) is 0 Å². The molecule has 6 nitrogen and oxygen atoms in total. The molecule has 3 unspecified atom stereocenters. The molecule has 0 fully saturated rings. The Balaban J connectivity index is 4.62. The minimum Gasteiger partial charge on any atom is -0.462 e. The lowest BCUT2D eigenvalue weighted by molar-refractivity contribution is -0.151. The number of aliphatic hydroxyl groups excluding tert-OH is 2. The summed E-state index contributed by atoms with van der Waals surface area (Å²) in [6.07, 6.45) is 50.6. The molecule has 328 valence electrons. The number of carbonyl (C=O) groups excluding carboxylic acids is 2. The Kier molecular flexibility index (Phi) is 42.7. The number of carbonyl (C=O) groups is 2. The second-order valence-corrected chi connectivity index (χ2v) is 16.5. The van der Waals surface area contributed by atoms with Gasteiger partial charge in [-0.05, 0) is 57.8 Å². The Labute approximate surface area is 347 Å². The van der Waals surface area contributed by atoms with Gasteiger partial charge in [0.15, 0.2) is 0 Å². The molecule has 56 heavy (non-hydrogen) atoms. The average Bonchev–Trinajstić information content (AvgIpc) is 3.19. The van der Waals surface area contributed by atoms with E-state index in [1.807, 2.05) is 0 Å². The largest absolute Gasteiger partial charge is 0.462 e. The second-order valence-electron chi connectivity index (χ2n) is 16.5. The van der Waals surface area contributed by atoms with Crippen LogP contribution in [-0.4, -0.2) is 46.9 Å². The number of amides is 1. The maximum Gasteiger partial charge on any atom is 0.306 e. The highest BCUT2D eigenvalue weighted by molar-refractivity contribution is 5.77. The number of unbranched alkanes of at least 4 members (excludes halogenated alkanes) is 25. The molecule has 0 aliphatic heterocycles. The van der Waals surface area contributed by atoms with Crippen LogP contribution in [0, 0.1) is 0 Å². The number of esters is 1. The topological polar surface area (TPSA) is 95.9 Å². The summed E-state index contributed by atoms with van der Waals surface area (Å²) >= 11 is 0. The van der Waals surface area contributed by atoms with Gasteiger partial charge in [-0.1, -0.05) is 211 Å². The van der Waals surface area contributed by atoms with E-state index < -0.39 is 18.2 Å². The monoisotopic (exact) mass is 788 g/mol. The summed E-state index contributed by atoms with van der Waals surface area (Å²) in [5.41, 5.74) is 0. The van der Waals surface area contributed by atoms with Gasteiger partial charge in [-0.3, -0.25) is 9.59 Å². The molecular weight excluding hydrogens is 695 g/mol. The molecule has 0 aromatic carbocycles. The standard InChI is InChI=1S/C50H93NO5/c1-4-7-10-13-16-19-22-24-26-27-29-32-35-38-41-46(56-50(55)43-40-37-34-31-28-25-23-20-17-14-11-8-5-2)44-49(54)51-47(45-52)48(53)42-39-36-33-30-21-18-15-12-9-6-3/h7,10,16,19,24,26,46-48,52-53H,4-6,8-9,11-15,17-18,20-23,25,27-45H2,1-3H3,(H,51,54)/b10-7+,19-16+,26-24+. The maximum atomic E-state index is 13.1. The molecule has 0 spiro atoms. The van der Waals surface area contributed by atoms with Gasteiger partial charge in [-0.25, -0.2) is 0 Å². The zero-order chi connectivity index (χ0) is 41.0. The summed E-state index contributed by atoms with van der Waals surface area (Å²) < 4.78 is 5.91. The zero-order valence-corrected chi connectivity index (χ0v) is 37.3. The van der Waals surface area contributed by atoms with Crippen LogP contribution >= 0.6 is 0 Å². The Morgan fingerprint density at radius 1 is 0.536 bits per heavy atom. The zero-order valence-electron chi connectivity index (χ0n) is 37.3. The third-order valence-electron chi connectivity index (χ3n) is 11.0. The van der Waals surface area contributed by atoms with Crippen LogP contribution in [0.4, 0.5) is 0 Å². The van der Waals surface area contributed by atoms with E-state index in [4.69, 9.17) is 4.74 Å². The predicted octanol–water partition coefficient (Wildman–Crippen LogP) is 14.1. The number of rotatable bonds is 43. The van der Waals surface area contributed by atoms with E-state index >= 15 is 0 Å². The smallest absolute Gasteiger partial charge is 0.306 e. The highest BCUT2D eigenvalue weighted by atomic mass is 16.5. The number of nitrogens with one attached hydrogen (secondary N) is 1. The Morgan fingerprint density at radius 2 is 0.964 bits per heavy atom. The summed E-state index contributed by atoms with van der Waals surface area (Å²) in [4.78, 5) is 26.0. The van der Waals surface area contributed by atoms with Crippen molar-refractivity contribution in [3.8, 4) is 0 Å². The molecule has 0 rings (SSSR count). The molecule has 6 heteroatoms. The van der Waals surface area contributed by atoms with Crippen LogP contribution in [0.1, 0.15) is 245 Å². The van der Waals surface area contributed by atoms with Gasteiger partial charge in [0.05, 0.1) is 25.2 Å². The van der Waals surface area contributed by atoms with E-state index in [2.05, 4.69) is 62.5 Å². The van der Waals surface area contributed by atoms with Crippen LogP contribution in [0.3, 0.4) is 0 Å². The third kappa shape index (κ3) is 38.9. The summed E-state index contributed by atoms with van der Waals surface area (Å²) in [7, 11) is 0. The lowest BCUT2D eigenvalue weighted by Gasteiger charge is -2.24. The number of hydrogen-bond acceptors (Lipinski definition) is 5. The minimum atomic E-state index is -0.789. The summed E-state index contributed by atoms with van der Waals surface area (Å²) in [5, 5.41) is 23.6. The number of hydrogen-bond donors (Lipinski definition) is 3. The highest BCUT2D eigenvalue weighted by Crippen LogP contribution is 2.18. The highest BCUT2D eigenvalue weighted by Gasteiger charge is 2.24. The van der Waals surface area contributed by atoms with Crippen molar-refractivity contribution in [2.45, 2.75) is 264 Å². The molecule has 0 radical (unpaired) electrons. The van der Waals surface area contributed by atoms with Crippen LogP contribution in [0.25, 0.3) is 0 Å². The molecule has 0 saturated carbocycles. The number of ether oxygens (including phenoxy) is 1. The normalized spacial score (nSPS) is 13.6. The Hall–Kier alpha value is -1.92. The fourth-order valence-electron chi connectivity index (χ4n) is 7.33. The SMILES string of the molecule is CC/C=C/C/C=C/C/C=C/CCCCCCC(CC(=O)NC(CO)C(O)CCCCCCCCCCCC)OC(=O)CCCCCCCCCCCCCCC. The van der Waals surface area contributed by atoms with Crippen molar-refractivity contribution in [3.05, 3.63) is 36.5 Å². The number of aliphatic hydroxyl groups is 2. The van der Waals surface area contributed by atoms with Gasteiger partial charge >= 0.3 is 5.97 Å². The quantitative estimate of drug-likeness (QED) is 0.0325. The van der Waals surface area contributed by atoms with Crippen molar-refractivity contribution in [2.75, 3.05) is 6.61 Å². The van der Waals surface area contributed by atoms with Crippen LogP contribution < -0.4 is 5.32 Å². The van der Waals surface area contributed by atoms with E-state index in [-0.39, 0.29) is 24.9 Å². The Morgan fingerprint density at radius 3 is 1.46 bits per heavy atom. The fourth-order valence-corrected chi connectivity index (χ4v) is 7.33. The molecule has 3 atom stereocenters. The van der Waals surface area contributed by atoms with Crippen LogP contribution in [-0.2, 0) is 14.3 Å². The van der Waals surface area contributed by atoms with Crippen LogP contribution in [0.15, 0.2) is 36.5 Å². The molecule has 1 amide bonds. The summed E-state index contributed by atoms with van der Waals surface area (Å²) in [6, 6.07) is -0.704. The van der Waals surface area contributed by atoms with Gasteiger partial charge < -0.3 is 20.3 Å². The average molecular weight is 788 g/mol. The molecule has 0 bridgehead atoms. The first-order valence-corrected chi connectivity index (χ1v) is 24.2. The van der Waals surface area contributed by atoms with E-state index in [1.165, 1.54) is 109 Å². The minimum absolute atomic E-state index is 0.0658. The second kappa shape index (κ2) is 44.2. The summed E-state index contributed by atoms with van der Waals surface area (Å²) in [5.74, 6) is -0.489. The summed E-state index contributed by atoms with van der Waals surface area (Å²) in [6.45, 7) is 6.35. The first-order chi connectivity index (χ1) is 27.5. The first-order valence-electron chi connectivity index (χ1n) is 24.2. The van der Waals surface area contributed by atoms with Gasteiger partial charge in [-0.2, -0.15) is 0 Å². The molecule has 0 aliphatic rings. The van der Waals surface area contributed by atoms with Crippen molar-refractivity contribution < 1.29 is 24.5 Å². The van der Waals surface area contributed by atoms with E-state index in [9.17, 15) is 19.8 Å². The first kappa shape index (κ1) is 54.1. The molecule has 0 aromatic heterocycles. The predicted molar refractivity (Wildman–Crippen MR) is 241 cm³/mol. The van der Waals surface area contributed by atoms with E-state index in [1.54, 1.807) is 0 Å². The molecule has 0 saturated heterocycles. The van der Waals surface area contributed by atoms with Crippen molar-refractivity contribution >= 4 is 11.9 Å². The van der Waals surface area contributed by atoms with Gasteiger partial charge in [0, 0.05) is 6.42 Å². The molecule has 3 N–H and O–H groups in total. The van der Waals surface area contributed by atoms with Crippen molar-refractivity contribution in [2.24, 2.45) is 0 Å². The Bertz CT molecular complexity index is 930. The molecule has 0 aromatic rings. The van der Waals surface area contributed by atoms with Gasteiger partial charge in [0.1, 0.15) is 6.10 Å². The van der Waals surface area contributed by atoms with Gasteiger partial charge in [-0.15, -0.1) is 0 Å². The molecular formula is C50H93NO5. The van der Waals surface area contributed by atoms with Gasteiger partial charge in [0.2, 0.25) is 5.91 Å². The van der Waals surface area contributed by atoms with Gasteiger partial charge in [0.25, 0.3) is 0 Å². The van der Waals surface area contributed by atoms with Crippen molar-refractivity contribution in [1.29, 1.82) is 0 Å². The fraction of sp³-hybridized carbons (Fsp3) is 0.840. The maximum absolute atomic E-state index is 13.1. The van der Waals surface area contributed by atoms with E-state index in [0.717, 1.165) is 89.9 Å². The van der Waals surface area contributed by atoms with Crippen molar-refractivity contribution in [3.63, 3.8) is 0 Å². The molecule has 0 heterocycles. The van der Waals surface area contributed by atoms with E-state index in [0.29, 0.717) is 19.3 Å². The van der Waals surface area contributed by atoms with Crippen LogP contribution in [0.2, 0.25) is 0 Å².